The third-order valence-corrected chi connectivity index (χ3v) is 3.08. The quantitative estimate of drug-likeness (QED) is 0.824. The van der Waals surface area contributed by atoms with Gasteiger partial charge in [-0.1, -0.05) is 18.5 Å². The van der Waals surface area contributed by atoms with Gasteiger partial charge in [0.25, 0.3) is 0 Å². The number of halogens is 1. The van der Waals surface area contributed by atoms with Gasteiger partial charge in [0.05, 0.1) is 11.0 Å². The number of fused-ring (bicyclic) bond motifs is 1. The van der Waals surface area contributed by atoms with Gasteiger partial charge in [-0.15, -0.1) is 0 Å². The molecule has 0 aliphatic heterocycles. The van der Waals surface area contributed by atoms with Crippen molar-refractivity contribution in [3.05, 3.63) is 43.4 Å². The lowest BCUT2D eigenvalue weighted by atomic mass is 10.1. The smallest absolute Gasteiger partial charge is 0.314 e. The van der Waals surface area contributed by atoms with Gasteiger partial charge in [-0.05, 0) is 31.3 Å². The minimum Gasteiger partial charge on any atom is -0.316 e. The summed E-state index contributed by atoms with van der Waals surface area (Å²) in [6.45, 7) is 3.56. The highest BCUT2D eigenvalue weighted by atomic mass is 35.5. The molecule has 0 radical (unpaired) electrons. The fraction of sp³-hybridized carbons (Fsp3) is 0.333. The molecule has 1 aromatic heterocycles. The normalized spacial score (nSPS) is 11.3. The van der Waals surface area contributed by atoms with Gasteiger partial charge in [-0.2, -0.15) is 0 Å². The van der Waals surface area contributed by atoms with Crippen LogP contribution in [0.1, 0.15) is 12.5 Å². The molecule has 6 heteroatoms. The Morgan fingerprint density at radius 3 is 2.56 bits per heavy atom. The van der Waals surface area contributed by atoms with Crippen molar-refractivity contribution in [3.8, 4) is 0 Å². The molecule has 0 bridgehead atoms. The van der Waals surface area contributed by atoms with Crippen LogP contribution in [0.15, 0.2) is 21.7 Å². The minimum atomic E-state index is -0.667. The molecule has 2 N–H and O–H groups in total. The lowest BCUT2D eigenvalue weighted by molar-refractivity contribution is 0.347. The largest absolute Gasteiger partial charge is 0.316 e. The zero-order valence-electron chi connectivity index (χ0n) is 10.2. The summed E-state index contributed by atoms with van der Waals surface area (Å²) >= 11 is 6.01. The topological polar surface area (TPSA) is 69.0 Å². The minimum absolute atomic E-state index is 0.532. The van der Waals surface area contributed by atoms with Crippen molar-refractivity contribution < 1.29 is 0 Å². The molecule has 1 aromatic carbocycles. The Balaban J connectivity index is 2.68. The number of rotatable bonds is 3. The lowest BCUT2D eigenvalue weighted by Crippen LogP contribution is -2.29. The first-order valence-electron chi connectivity index (χ1n) is 5.64. The van der Waals surface area contributed by atoms with E-state index in [0.717, 1.165) is 12.1 Å². The molecule has 0 saturated heterocycles. The zero-order valence-corrected chi connectivity index (χ0v) is 11.0. The van der Waals surface area contributed by atoms with Crippen molar-refractivity contribution in [2.45, 2.75) is 13.5 Å². The van der Waals surface area contributed by atoms with Crippen LogP contribution in [0, 0.1) is 0 Å². The predicted molar refractivity (Wildman–Crippen MR) is 72.2 cm³/mol. The number of aromatic amines is 2. The third kappa shape index (κ3) is 2.47. The summed E-state index contributed by atoms with van der Waals surface area (Å²) in [7, 11) is 1.97. The molecule has 0 saturated carbocycles. The van der Waals surface area contributed by atoms with Crippen molar-refractivity contribution in [1.29, 1.82) is 0 Å². The fourth-order valence-electron chi connectivity index (χ4n) is 1.79. The van der Waals surface area contributed by atoms with Gasteiger partial charge in [-0.3, -0.25) is 9.59 Å². The van der Waals surface area contributed by atoms with E-state index >= 15 is 0 Å². The van der Waals surface area contributed by atoms with Crippen LogP contribution in [0.3, 0.4) is 0 Å². The molecule has 0 fully saturated rings. The van der Waals surface area contributed by atoms with Gasteiger partial charge in [0.2, 0.25) is 0 Å². The highest BCUT2D eigenvalue weighted by Crippen LogP contribution is 2.20. The van der Waals surface area contributed by atoms with E-state index in [1.54, 1.807) is 12.1 Å². The summed E-state index contributed by atoms with van der Waals surface area (Å²) in [5.74, 6) is 0. The molecular formula is C12H14ClN3O2. The molecule has 2 rings (SSSR count). The molecule has 18 heavy (non-hydrogen) atoms. The second-order valence-electron chi connectivity index (χ2n) is 4.23. The van der Waals surface area contributed by atoms with Gasteiger partial charge in [0.15, 0.2) is 0 Å². The highest BCUT2D eigenvalue weighted by Gasteiger charge is 2.08. The van der Waals surface area contributed by atoms with Crippen LogP contribution in [0.5, 0.6) is 0 Å². The van der Waals surface area contributed by atoms with Gasteiger partial charge in [0.1, 0.15) is 0 Å². The Bertz CT molecular complexity index is 690. The van der Waals surface area contributed by atoms with Crippen LogP contribution < -0.4 is 11.1 Å². The number of hydrogen-bond acceptors (Lipinski definition) is 3. The van der Waals surface area contributed by atoms with Gasteiger partial charge in [-0.25, -0.2) is 0 Å². The van der Waals surface area contributed by atoms with Crippen LogP contribution >= 0.6 is 11.6 Å². The van der Waals surface area contributed by atoms with E-state index in [1.807, 2.05) is 14.0 Å². The molecule has 0 aliphatic rings. The Hall–Kier alpha value is -1.59. The molecule has 0 amide bonds. The Kier molecular flexibility index (Phi) is 3.54. The van der Waals surface area contributed by atoms with Gasteiger partial charge >= 0.3 is 11.1 Å². The number of benzene rings is 1. The SMILES string of the molecule is CCN(C)Cc1cc(Cl)cc2[nH]c(=O)c(=O)[nH]c12. The maximum absolute atomic E-state index is 11.4. The standard InChI is InChI=1S/C12H14ClN3O2/c1-3-16(2)6-7-4-8(13)5-9-10(7)15-12(18)11(17)14-9/h4-5H,3,6H2,1-2H3,(H,14,17)(H,15,18). The second-order valence-corrected chi connectivity index (χ2v) is 4.66. The van der Waals surface area contributed by atoms with Crippen molar-refractivity contribution in [3.63, 3.8) is 0 Å². The molecule has 5 nitrogen and oxygen atoms in total. The summed E-state index contributed by atoms with van der Waals surface area (Å²) in [4.78, 5) is 29.9. The maximum atomic E-state index is 11.4. The Labute approximate surface area is 108 Å². The van der Waals surface area contributed by atoms with Gasteiger partial charge in [0, 0.05) is 11.6 Å². The van der Waals surface area contributed by atoms with E-state index in [9.17, 15) is 9.59 Å². The molecule has 0 atom stereocenters. The first-order valence-corrected chi connectivity index (χ1v) is 6.02. The first-order chi connectivity index (χ1) is 8.51. The number of hydrogen-bond donors (Lipinski definition) is 2. The van der Waals surface area contributed by atoms with E-state index < -0.39 is 11.1 Å². The average molecular weight is 268 g/mol. The zero-order chi connectivity index (χ0) is 13.3. The average Bonchev–Trinajstić information content (AvgIpc) is 2.31. The molecule has 96 valence electrons. The lowest BCUT2D eigenvalue weighted by Gasteiger charge is -2.15. The van der Waals surface area contributed by atoms with Crippen LogP contribution in [-0.4, -0.2) is 28.5 Å². The molecule has 0 aliphatic carbocycles. The third-order valence-electron chi connectivity index (χ3n) is 2.86. The molecule has 0 unspecified atom stereocenters. The van der Waals surface area contributed by atoms with E-state index in [4.69, 9.17) is 11.6 Å². The van der Waals surface area contributed by atoms with Crippen molar-refractivity contribution in [1.82, 2.24) is 14.9 Å². The molecule has 1 heterocycles. The van der Waals surface area contributed by atoms with Crippen molar-refractivity contribution in [2.24, 2.45) is 0 Å². The van der Waals surface area contributed by atoms with Crippen molar-refractivity contribution in [2.75, 3.05) is 13.6 Å². The number of aromatic nitrogens is 2. The predicted octanol–water partition coefficient (Wildman–Crippen LogP) is 1.32. The maximum Gasteiger partial charge on any atom is 0.314 e. The van der Waals surface area contributed by atoms with Crippen LogP contribution in [0.2, 0.25) is 5.02 Å². The van der Waals surface area contributed by atoms with E-state index in [1.165, 1.54) is 0 Å². The Morgan fingerprint density at radius 1 is 1.22 bits per heavy atom. The summed E-state index contributed by atoms with van der Waals surface area (Å²) in [6, 6.07) is 3.42. The molecule has 0 spiro atoms. The number of nitrogens with zero attached hydrogens (tertiary/aromatic N) is 1. The first kappa shape index (κ1) is 12.9. The summed E-state index contributed by atoms with van der Waals surface area (Å²) in [5.41, 5.74) is 0.746. The van der Waals surface area contributed by atoms with Crippen LogP contribution in [0.4, 0.5) is 0 Å². The Morgan fingerprint density at radius 2 is 1.89 bits per heavy atom. The highest BCUT2D eigenvalue weighted by molar-refractivity contribution is 6.31. The van der Waals surface area contributed by atoms with E-state index in [-0.39, 0.29) is 0 Å². The summed E-state index contributed by atoms with van der Waals surface area (Å²) in [6.07, 6.45) is 0. The number of nitrogens with one attached hydrogen (secondary N) is 2. The summed E-state index contributed by atoms with van der Waals surface area (Å²) < 4.78 is 0. The molecule has 2 aromatic rings. The monoisotopic (exact) mass is 267 g/mol. The number of H-pyrrole nitrogens is 2. The summed E-state index contributed by atoms with van der Waals surface area (Å²) in [5, 5.41) is 0.532. The van der Waals surface area contributed by atoms with Gasteiger partial charge < -0.3 is 14.9 Å². The van der Waals surface area contributed by atoms with Crippen LogP contribution in [-0.2, 0) is 6.54 Å². The second kappa shape index (κ2) is 4.96. The molecular weight excluding hydrogens is 254 g/mol. The van der Waals surface area contributed by atoms with E-state index in [0.29, 0.717) is 22.6 Å². The van der Waals surface area contributed by atoms with Crippen LogP contribution in [0.25, 0.3) is 11.0 Å². The fourth-order valence-corrected chi connectivity index (χ4v) is 2.03. The van der Waals surface area contributed by atoms with E-state index in [2.05, 4.69) is 14.9 Å². The van der Waals surface area contributed by atoms with Crippen molar-refractivity contribution >= 4 is 22.6 Å².